The van der Waals surface area contributed by atoms with E-state index in [-0.39, 0.29) is 5.91 Å². The van der Waals surface area contributed by atoms with Gasteiger partial charge < -0.3 is 19.2 Å². The molecule has 4 rings (SSSR count). The van der Waals surface area contributed by atoms with E-state index in [2.05, 4.69) is 29.6 Å². The summed E-state index contributed by atoms with van der Waals surface area (Å²) in [5.41, 5.74) is 4.19. The number of ether oxygens (including phenoxy) is 2. The molecule has 31 heavy (non-hydrogen) atoms. The summed E-state index contributed by atoms with van der Waals surface area (Å²) in [7, 11) is 0. The first kappa shape index (κ1) is 20.5. The van der Waals surface area contributed by atoms with Crippen LogP contribution in [0.3, 0.4) is 0 Å². The van der Waals surface area contributed by atoms with Crippen molar-refractivity contribution in [3.8, 4) is 22.6 Å². The highest BCUT2D eigenvalue weighted by Crippen LogP contribution is 2.26. The minimum absolute atomic E-state index is 0.0356. The summed E-state index contributed by atoms with van der Waals surface area (Å²) in [4.78, 5) is 11.1. The van der Waals surface area contributed by atoms with Gasteiger partial charge in [0.05, 0.1) is 6.26 Å². The quantitative estimate of drug-likeness (QED) is 0.380. The summed E-state index contributed by atoms with van der Waals surface area (Å²) >= 11 is 0. The second-order valence-electron chi connectivity index (χ2n) is 7.24. The molecule has 0 radical (unpaired) electrons. The molecule has 0 atom stereocenters. The Kier molecular flexibility index (Phi) is 6.53. The summed E-state index contributed by atoms with van der Waals surface area (Å²) in [6.45, 7) is 2.97. The average Bonchev–Trinajstić information content (AvgIpc) is 3.20. The number of rotatable bonds is 9. The summed E-state index contributed by atoms with van der Waals surface area (Å²) < 4.78 is 17.3. The topological polar surface area (TPSA) is 60.7 Å². The van der Waals surface area contributed by atoms with Gasteiger partial charge in [-0.1, -0.05) is 42.5 Å². The molecular formula is C26H25NO4. The van der Waals surface area contributed by atoms with E-state index in [1.54, 1.807) is 6.26 Å². The standard InChI is InChI=1S/C26H25NO4/c1-19(28)27-14-13-22-18-31-26-12-11-24(17-25(22)26)30-16-15-29-23-9-7-21(8-10-23)20-5-3-2-4-6-20/h2-12,17-18H,13-16H2,1H3,(H,27,28). The van der Waals surface area contributed by atoms with Crippen molar-refractivity contribution in [1.29, 1.82) is 0 Å². The summed E-state index contributed by atoms with van der Waals surface area (Å²) in [6.07, 6.45) is 2.44. The number of amides is 1. The van der Waals surface area contributed by atoms with Crippen molar-refractivity contribution < 1.29 is 18.7 Å². The maximum Gasteiger partial charge on any atom is 0.216 e. The lowest BCUT2D eigenvalue weighted by molar-refractivity contribution is -0.118. The summed E-state index contributed by atoms with van der Waals surface area (Å²) in [6, 6.07) is 24.1. The van der Waals surface area contributed by atoms with Crippen LogP contribution in [-0.2, 0) is 11.2 Å². The third-order valence-corrected chi connectivity index (χ3v) is 4.98. The summed E-state index contributed by atoms with van der Waals surface area (Å²) in [5.74, 6) is 1.54. The molecule has 0 aliphatic heterocycles. The van der Waals surface area contributed by atoms with Crippen LogP contribution in [0.4, 0.5) is 0 Å². The van der Waals surface area contributed by atoms with Crippen molar-refractivity contribution in [2.24, 2.45) is 0 Å². The van der Waals surface area contributed by atoms with E-state index >= 15 is 0 Å². The van der Waals surface area contributed by atoms with Crippen molar-refractivity contribution in [3.63, 3.8) is 0 Å². The molecular weight excluding hydrogens is 390 g/mol. The van der Waals surface area contributed by atoms with Crippen molar-refractivity contribution >= 4 is 16.9 Å². The molecule has 0 spiro atoms. The van der Waals surface area contributed by atoms with Gasteiger partial charge in [-0.25, -0.2) is 0 Å². The lowest BCUT2D eigenvalue weighted by Gasteiger charge is -2.09. The van der Waals surface area contributed by atoms with Gasteiger partial charge in [-0.2, -0.15) is 0 Å². The molecule has 0 unspecified atom stereocenters. The van der Waals surface area contributed by atoms with Crippen LogP contribution in [0.1, 0.15) is 12.5 Å². The highest BCUT2D eigenvalue weighted by molar-refractivity contribution is 5.82. The lowest BCUT2D eigenvalue weighted by atomic mass is 10.1. The van der Waals surface area contributed by atoms with Gasteiger partial charge in [0.1, 0.15) is 30.3 Å². The van der Waals surface area contributed by atoms with Crippen molar-refractivity contribution in [2.75, 3.05) is 19.8 Å². The van der Waals surface area contributed by atoms with Crippen molar-refractivity contribution in [1.82, 2.24) is 5.32 Å². The molecule has 0 aliphatic carbocycles. The minimum atomic E-state index is -0.0356. The molecule has 0 saturated heterocycles. The molecule has 4 aromatic rings. The van der Waals surface area contributed by atoms with Gasteiger partial charge in [0.2, 0.25) is 5.91 Å². The zero-order chi connectivity index (χ0) is 21.5. The second-order valence-corrected chi connectivity index (χ2v) is 7.24. The van der Waals surface area contributed by atoms with Crippen LogP contribution in [0.2, 0.25) is 0 Å². The van der Waals surface area contributed by atoms with Gasteiger partial charge in [-0.05, 0) is 47.9 Å². The lowest BCUT2D eigenvalue weighted by Crippen LogP contribution is -2.22. The minimum Gasteiger partial charge on any atom is -0.490 e. The molecule has 1 amide bonds. The Hall–Kier alpha value is -3.73. The number of carbonyl (C=O) groups is 1. The molecule has 0 bridgehead atoms. The Balaban J connectivity index is 1.29. The van der Waals surface area contributed by atoms with Crippen LogP contribution < -0.4 is 14.8 Å². The van der Waals surface area contributed by atoms with E-state index in [9.17, 15) is 4.79 Å². The Bertz CT molecular complexity index is 1130. The number of nitrogens with one attached hydrogen (secondary N) is 1. The monoisotopic (exact) mass is 415 g/mol. The number of benzene rings is 3. The van der Waals surface area contributed by atoms with E-state index in [4.69, 9.17) is 13.9 Å². The first-order chi connectivity index (χ1) is 15.2. The normalized spacial score (nSPS) is 10.7. The maximum atomic E-state index is 11.1. The van der Waals surface area contributed by atoms with E-state index in [1.165, 1.54) is 12.5 Å². The van der Waals surface area contributed by atoms with Crippen LogP contribution in [0.25, 0.3) is 22.1 Å². The van der Waals surface area contributed by atoms with Gasteiger partial charge in [0, 0.05) is 24.4 Å². The zero-order valence-corrected chi connectivity index (χ0v) is 17.5. The van der Waals surface area contributed by atoms with E-state index in [0.717, 1.165) is 33.6 Å². The van der Waals surface area contributed by atoms with Gasteiger partial charge >= 0.3 is 0 Å². The number of furan rings is 1. The fourth-order valence-electron chi connectivity index (χ4n) is 3.41. The third kappa shape index (κ3) is 5.45. The summed E-state index contributed by atoms with van der Waals surface area (Å²) in [5, 5.41) is 3.81. The largest absolute Gasteiger partial charge is 0.490 e. The van der Waals surface area contributed by atoms with Crippen LogP contribution >= 0.6 is 0 Å². The number of fused-ring (bicyclic) bond motifs is 1. The van der Waals surface area contributed by atoms with Crippen molar-refractivity contribution in [2.45, 2.75) is 13.3 Å². The molecule has 5 nitrogen and oxygen atoms in total. The van der Waals surface area contributed by atoms with Gasteiger partial charge in [0.25, 0.3) is 0 Å². The molecule has 3 aromatic carbocycles. The van der Waals surface area contributed by atoms with E-state index < -0.39 is 0 Å². The fraction of sp³-hybridized carbons (Fsp3) is 0.192. The molecule has 1 N–H and O–H groups in total. The smallest absolute Gasteiger partial charge is 0.216 e. The predicted octanol–water partition coefficient (Wildman–Crippen LogP) is 5.24. The molecule has 0 fully saturated rings. The van der Waals surface area contributed by atoms with Gasteiger partial charge in [-0.15, -0.1) is 0 Å². The zero-order valence-electron chi connectivity index (χ0n) is 17.5. The second kappa shape index (κ2) is 9.85. The molecule has 1 heterocycles. The SMILES string of the molecule is CC(=O)NCCc1coc2ccc(OCCOc3ccc(-c4ccccc4)cc3)cc12. The fourth-order valence-corrected chi connectivity index (χ4v) is 3.41. The van der Waals surface area contributed by atoms with Crippen molar-refractivity contribution in [3.05, 3.63) is 84.6 Å². The highest BCUT2D eigenvalue weighted by atomic mass is 16.5. The Morgan fingerprint density at radius 1 is 0.871 bits per heavy atom. The predicted molar refractivity (Wildman–Crippen MR) is 121 cm³/mol. The molecule has 158 valence electrons. The van der Waals surface area contributed by atoms with Crippen LogP contribution in [-0.4, -0.2) is 25.7 Å². The van der Waals surface area contributed by atoms with Gasteiger partial charge in [0.15, 0.2) is 0 Å². The van der Waals surface area contributed by atoms with E-state index in [1.807, 2.05) is 48.5 Å². The Labute approximate surface area is 181 Å². The molecule has 0 saturated carbocycles. The third-order valence-electron chi connectivity index (χ3n) is 4.98. The highest BCUT2D eigenvalue weighted by Gasteiger charge is 2.08. The average molecular weight is 415 g/mol. The number of carbonyl (C=O) groups excluding carboxylic acids is 1. The molecule has 0 aliphatic rings. The van der Waals surface area contributed by atoms with Crippen LogP contribution in [0.5, 0.6) is 11.5 Å². The Morgan fingerprint density at radius 3 is 2.29 bits per heavy atom. The molecule has 1 aromatic heterocycles. The van der Waals surface area contributed by atoms with E-state index in [0.29, 0.717) is 26.2 Å². The number of hydrogen-bond acceptors (Lipinski definition) is 4. The first-order valence-corrected chi connectivity index (χ1v) is 10.3. The number of hydrogen-bond donors (Lipinski definition) is 1. The van der Waals surface area contributed by atoms with Crippen LogP contribution in [0.15, 0.2) is 83.5 Å². The first-order valence-electron chi connectivity index (χ1n) is 10.3. The van der Waals surface area contributed by atoms with Gasteiger partial charge in [-0.3, -0.25) is 4.79 Å². The maximum absolute atomic E-state index is 11.1. The van der Waals surface area contributed by atoms with Crippen LogP contribution in [0, 0.1) is 0 Å². The molecule has 5 heteroatoms. The Morgan fingerprint density at radius 2 is 1.55 bits per heavy atom.